The van der Waals surface area contributed by atoms with Gasteiger partial charge in [0, 0.05) is 25.7 Å². The van der Waals surface area contributed by atoms with Crippen LogP contribution in [0.2, 0.25) is 5.15 Å². The molecular weight excluding hydrogens is 280 g/mol. The van der Waals surface area contributed by atoms with Crippen molar-refractivity contribution in [3.8, 4) is 0 Å². The molecule has 2 N–H and O–H groups in total. The molecule has 1 aromatic rings. The molecule has 1 fully saturated rings. The number of aromatic nitrogens is 1. The molecule has 0 radical (unpaired) electrons. The summed E-state index contributed by atoms with van der Waals surface area (Å²) in [6.45, 7) is 4.43. The molecule has 2 amide bonds. The Labute approximate surface area is 122 Å². The number of rotatable bonds is 1. The van der Waals surface area contributed by atoms with Gasteiger partial charge < -0.3 is 15.5 Å². The van der Waals surface area contributed by atoms with Crippen molar-refractivity contribution in [3.63, 3.8) is 0 Å². The lowest BCUT2D eigenvalue weighted by atomic mass is 9.96. The molecule has 7 heteroatoms. The molecule has 2 rings (SSSR count). The Morgan fingerprint density at radius 3 is 2.65 bits per heavy atom. The van der Waals surface area contributed by atoms with Crippen LogP contribution in [-0.2, 0) is 4.79 Å². The van der Waals surface area contributed by atoms with Crippen molar-refractivity contribution in [2.75, 3.05) is 25.9 Å². The lowest BCUT2D eigenvalue weighted by molar-refractivity contribution is -0.144. The van der Waals surface area contributed by atoms with Gasteiger partial charge in [0.25, 0.3) is 5.91 Å². The molecule has 2 heterocycles. The van der Waals surface area contributed by atoms with Crippen LogP contribution in [0.3, 0.4) is 0 Å². The van der Waals surface area contributed by atoms with E-state index in [0.29, 0.717) is 18.7 Å². The summed E-state index contributed by atoms with van der Waals surface area (Å²) >= 11 is 5.82. The molecule has 0 aromatic carbocycles. The Balaban J connectivity index is 2.35. The number of carbonyl (C=O) groups excluding carboxylic acids is 2. The van der Waals surface area contributed by atoms with Gasteiger partial charge in [-0.3, -0.25) is 9.59 Å². The van der Waals surface area contributed by atoms with E-state index >= 15 is 0 Å². The first kappa shape index (κ1) is 14.6. The zero-order valence-electron chi connectivity index (χ0n) is 11.7. The van der Waals surface area contributed by atoms with Gasteiger partial charge in [0.05, 0.1) is 0 Å². The molecule has 0 atom stereocenters. The van der Waals surface area contributed by atoms with E-state index in [-0.39, 0.29) is 22.8 Å². The second-order valence-electron chi connectivity index (χ2n) is 5.35. The third-order valence-corrected chi connectivity index (χ3v) is 3.70. The van der Waals surface area contributed by atoms with E-state index in [1.54, 1.807) is 30.7 Å². The third kappa shape index (κ3) is 2.43. The maximum absolute atomic E-state index is 12.6. The maximum atomic E-state index is 12.6. The first-order valence-electron chi connectivity index (χ1n) is 6.24. The van der Waals surface area contributed by atoms with E-state index in [9.17, 15) is 9.59 Å². The summed E-state index contributed by atoms with van der Waals surface area (Å²) in [5.74, 6) is -0.184. The van der Waals surface area contributed by atoms with Crippen molar-refractivity contribution in [3.05, 3.63) is 22.8 Å². The van der Waals surface area contributed by atoms with Crippen LogP contribution >= 0.6 is 11.6 Å². The fraction of sp³-hybridized carbons (Fsp3) is 0.462. The van der Waals surface area contributed by atoms with E-state index in [1.165, 1.54) is 12.1 Å². The highest BCUT2D eigenvalue weighted by molar-refractivity contribution is 6.29. The number of hydrogen-bond acceptors (Lipinski definition) is 4. The second kappa shape index (κ2) is 4.94. The van der Waals surface area contributed by atoms with E-state index in [1.807, 2.05) is 0 Å². The lowest BCUT2D eigenvalue weighted by Crippen LogP contribution is -2.63. The number of hydrogen-bond donors (Lipinski definition) is 1. The lowest BCUT2D eigenvalue weighted by Gasteiger charge is -2.44. The van der Waals surface area contributed by atoms with Crippen molar-refractivity contribution in [1.82, 2.24) is 14.8 Å². The molecule has 1 aliphatic heterocycles. The van der Waals surface area contributed by atoms with E-state index < -0.39 is 5.54 Å². The Kier molecular flexibility index (Phi) is 3.60. The monoisotopic (exact) mass is 296 g/mol. The highest BCUT2D eigenvalue weighted by Gasteiger charge is 2.43. The van der Waals surface area contributed by atoms with Gasteiger partial charge in [-0.1, -0.05) is 11.6 Å². The molecule has 1 aromatic heterocycles. The summed E-state index contributed by atoms with van der Waals surface area (Å²) in [5.41, 5.74) is 5.05. The summed E-state index contributed by atoms with van der Waals surface area (Å²) in [5, 5.41) is 0.159. The number of carbonyl (C=O) groups is 2. The highest BCUT2D eigenvalue weighted by atomic mass is 35.5. The predicted octanol–water partition coefficient (Wildman–Crippen LogP) is 1.01. The summed E-state index contributed by atoms with van der Waals surface area (Å²) in [6.07, 6.45) is 0. The molecule has 0 bridgehead atoms. The number of nitrogen functional groups attached to an aromatic ring is 1. The number of nitrogens with zero attached hydrogens (tertiary/aromatic N) is 3. The van der Waals surface area contributed by atoms with Crippen LogP contribution in [0.5, 0.6) is 0 Å². The van der Waals surface area contributed by atoms with E-state index in [0.717, 1.165) is 0 Å². The first-order valence-corrected chi connectivity index (χ1v) is 6.62. The van der Waals surface area contributed by atoms with Gasteiger partial charge in [0.2, 0.25) is 5.91 Å². The predicted molar refractivity (Wildman–Crippen MR) is 76.4 cm³/mol. The van der Waals surface area contributed by atoms with E-state index in [2.05, 4.69) is 4.98 Å². The summed E-state index contributed by atoms with van der Waals surface area (Å²) < 4.78 is 0. The van der Waals surface area contributed by atoms with Crippen LogP contribution in [0.15, 0.2) is 12.1 Å². The fourth-order valence-corrected chi connectivity index (χ4v) is 2.58. The van der Waals surface area contributed by atoms with Gasteiger partial charge in [0.1, 0.15) is 16.5 Å². The summed E-state index contributed by atoms with van der Waals surface area (Å²) in [4.78, 5) is 31.8. The van der Waals surface area contributed by atoms with Crippen LogP contribution in [0.1, 0.15) is 24.2 Å². The molecule has 0 spiro atoms. The molecule has 6 nitrogen and oxygen atoms in total. The van der Waals surface area contributed by atoms with Crippen LogP contribution in [-0.4, -0.2) is 52.3 Å². The van der Waals surface area contributed by atoms with E-state index in [4.69, 9.17) is 17.3 Å². The highest BCUT2D eigenvalue weighted by Crippen LogP contribution is 2.25. The number of halogens is 1. The van der Waals surface area contributed by atoms with Crippen LogP contribution in [0.25, 0.3) is 0 Å². The third-order valence-electron chi connectivity index (χ3n) is 3.51. The molecule has 0 unspecified atom stereocenters. The van der Waals surface area contributed by atoms with Gasteiger partial charge in [-0.15, -0.1) is 0 Å². The average molecular weight is 297 g/mol. The number of nitrogens with two attached hydrogens (primary N) is 1. The van der Waals surface area contributed by atoms with Crippen LogP contribution < -0.4 is 5.73 Å². The summed E-state index contributed by atoms with van der Waals surface area (Å²) in [6, 6.07) is 2.92. The van der Waals surface area contributed by atoms with Crippen molar-refractivity contribution >= 4 is 29.2 Å². The van der Waals surface area contributed by atoms with Gasteiger partial charge in [-0.2, -0.15) is 0 Å². The summed E-state index contributed by atoms with van der Waals surface area (Å²) in [7, 11) is 1.73. The molecular formula is C13H17ClN4O2. The van der Waals surface area contributed by atoms with Gasteiger partial charge >= 0.3 is 0 Å². The molecule has 0 saturated carbocycles. The zero-order chi connectivity index (χ0) is 15.1. The minimum atomic E-state index is -0.894. The molecule has 1 saturated heterocycles. The number of piperazine rings is 1. The minimum absolute atomic E-state index is 0.0924. The average Bonchev–Trinajstić information content (AvgIpc) is 2.34. The maximum Gasteiger partial charge on any atom is 0.255 e. The molecule has 20 heavy (non-hydrogen) atoms. The number of amides is 2. The van der Waals surface area contributed by atoms with Gasteiger partial charge in [-0.05, 0) is 26.0 Å². The van der Waals surface area contributed by atoms with Gasteiger partial charge in [0.15, 0.2) is 0 Å². The number of anilines is 1. The first-order chi connectivity index (χ1) is 9.23. The van der Waals surface area contributed by atoms with Crippen molar-refractivity contribution < 1.29 is 9.59 Å². The largest absolute Gasteiger partial charge is 0.384 e. The van der Waals surface area contributed by atoms with Crippen molar-refractivity contribution in [1.29, 1.82) is 0 Å². The van der Waals surface area contributed by atoms with Crippen molar-refractivity contribution in [2.45, 2.75) is 19.4 Å². The number of likely N-dealkylation sites (N-methyl/N-ethyl adjacent to an activating group) is 1. The van der Waals surface area contributed by atoms with Gasteiger partial charge in [-0.25, -0.2) is 4.98 Å². The SMILES string of the molecule is CN1CCN(C(=O)c2cc(N)nc(Cl)c2)C(C)(C)C1=O. The Bertz CT molecular complexity index is 553. The fourth-order valence-electron chi connectivity index (χ4n) is 2.37. The minimum Gasteiger partial charge on any atom is -0.384 e. The number of pyridine rings is 1. The quantitative estimate of drug-likeness (QED) is 0.784. The Morgan fingerprint density at radius 1 is 1.40 bits per heavy atom. The molecule has 108 valence electrons. The topological polar surface area (TPSA) is 79.5 Å². The second-order valence-corrected chi connectivity index (χ2v) is 5.73. The zero-order valence-corrected chi connectivity index (χ0v) is 12.4. The Morgan fingerprint density at radius 2 is 2.05 bits per heavy atom. The Hall–Kier alpha value is -1.82. The molecule has 1 aliphatic rings. The normalized spacial score (nSPS) is 18.3. The standard InChI is InChI=1S/C13H17ClN4O2/c1-13(2)12(20)17(3)4-5-18(13)11(19)8-6-9(14)16-10(15)7-8/h6-7H,4-5H2,1-3H3,(H2,15,16). The van der Waals surface area contributed by atoms with Crippen LogP contribution in [0.4, 0.5) is 5.82 Å². The smallest absolute Gasteiger partial charge is 0.255 e. The van der Waals surface area contributed by atoms with Crippen LogP contribution in [0, 0.1) is 0 Å². The van der Waals surface area contributed by atoms with Crippen molar-refractivity contribution in [2.24, 2.45) is 0 Å². The molecule has 0 aliphatic carbocycles.